The molecule has 1 N–H and O–H groups in total. The summed E-state index contributed by atoms with van der Waals surface area (Å²) in [6.07, 6.45) is 1.82. The van der Waals surface area contributed by atoms with Crippen molar-refractivity contribution in [3.05, 3.63) is 48.2 Å². The first kappa shape index (κ1) is 14.3. The summed E-state index contributed by atoms with van der Waals surface area (Å²) in [5.74, 6) is 1.60. The Morgan fingerprint density at radius 3 is 2.55 bits per heavy atom. The summed E-state index contributed by atoms with van der Waals surface area (Å²) in [5.41, 5.74) is 1.30. The largest absolute Gasteiger partial charge is 0.475 e. The Balaban J connectivity index is 1.94. The molecule has 1 unspecified atom stereocenters. The lowest BCUT2D eigenvalue weighted by Gasteiger charge is -2.14. The SMILES string of the molecule is CC(C)Oc1ccnc(NCC(C)c2ccccc2)n1. The molecule has 106 valence electrons. The normalized spacial score (nSPS) is 12.2. The minimum atomic E-state index is 0.112. The summed E-state index contributed by atoms with van der Waals surface area (Å²) in [4.78, 5) is 8.54. The Morgan fingerprint density at radius 1 is 1.10 bits per heavy atom. The molecular formula is C16H21N3O. The van der Waals surface area contributed by atoms with E-state index < -0.39 is 0 Å². The molecule has 4 nitrogen and oxygen atoms in total. The molecule has 0 aliphatic rings. The second-order valence-electron chi connectivity index (χ2n) is 5.08. The highest BCUT2D eigenvalue weighted by Gasteiger charge is 2.06. The van der Waals surface area contributed by atoms with Gasteiger partial charge in [-0.1, -0.05) is 37.3 Å². The molecule has 20 heavy (non-hydrogen) atoms. The van der Waals surface area contributed by atoms with E-state index in [-0.39, 0.29) is 6.10 Å². The molecule has 0 bridgehead atoms. The smallest absolute Gasteiger partial charge is 0.225 e. The maximum Gasteiger partial charge on any atom is 0.225 e. The van der Waals surface area contributed by atoms with E-state index in [2.05, 4.69) is 46.5 Å². The van der Waals surface area contributed by atoms with Gasteiger partial charge >= 0.3 is 0 Å². The number of aromatic nitrogens is 2. The van der Waals surface area contributed by atoms with Crippen LogP contribution >= 0.6 is 0 Å². The number of hydrogen-bond donors (Lipinski definition) is 1. The lowest BCUT2D eigenvalue weighted by molar-refractivity contribution is 0.232. The van der Waals surface area contributed by atoms with Crippen LogP contribution in [0.4, 0.5) is 5.95 Å². The van der Waals surface area contributed by atoms with Crippen LogP contribution < -0.4 is 10.1 Å². The molecule has 4 heteroatoms. The molecule has 1 aromatic carbocycles. The number of anilines is 1. The van der Waals surface area contributed by atoms with Crippen molar-refractivity contribution in [3.63, 3.8) is 0 Å². The average molecular weight is 271 g/mol. The van der Waals surface area contributed by atoms with Crippen LogP contribution in [-0.2, 0) is 0 Å². The van der Waals surface area contributed by atoms with Crippen LogP contribution in [0, 0.1) is 0 Å². The van der Waals surface area contributed by atoms with Gasteiger partial charge in [-0.25, -0.2) is 4.98 Å². The molecule has 0 amide bonds. The fourth-order valence-corrected chi connectivity index (χ4v) is 1.88. The van der Waals surface area contributed by atoms with Gasteiger partial charge in [-0.3, -0.25) is 0 Å². The highest BCUT2D eigenvalue weighted by molar-refractivity contribution is 5.29. The quantitative estimate of drug-likeness (QED) is 0.873. The van der Waals surface area contributed by atoms with Crippen molar-refractivity contribution in [2.45, 2.75) is 32.8 Å². The zero-order chi connectivity index (χ0) is 14.4. The summed E-state index contributed by atoms with van der Waals surface area (Å²) in [6, 6.07) is 12.2. The van der Waals surface area contributed by atoms with Crippen molar-refractivity contribution >= 4 is 5.95 Å². The first-order valence-electron chi connectivity index (χ1n) is 6.93. The van der Waals surface area contributed by atoms with Gasteiger partial charge in [0.2, 0.25) is 11.8 Å². The van der Waals surface area contributed by atoms with Gasteiger partial charge in [0.15, 0.2) is 0 Å². The standard InChI is InChI=1S/C16H21N3O/c1-12(2)20-15-9-10-17-16(19-15)18-11-13(3)14-7-5-4-6-8-14/h4-10,12-13H,11H2,1-3H3,(H,17,18,19). The Kier molecular flexibility index (Phi) is 4.93. The second-order valence-corrected chi connectivity index (χ2v) is 5.08. The van der Waals surface area contributed by atoms with E-state index in [0.717, 1.165) is 6.54 Å². The monoisotopic (exact) mass is 271 g/mol. The van der Waals surface area contributed by atoms with Crippen LogP contribution in [-0.4, -0.2) is 22.6 Å². The van der Waals surface area contributed by atoms with Crippen molar-refractivity contribution in [2.24, 2.45) is 0 Å². The Hall–Kier alpha value is -2.10. The van der Waals surface area contributed by atoms with Gasteiger partial charge in [0, 0.05) is 18.8 Å². The van der Waals surface area contributed by atoms with Gasteiger partial charge in [0.05, 0.1) is 6.10 Å². The zero-order valence-corrected chi connectivity index (χ0v) is 12.2. The Bertz CT molecular complexity index is 528. The average Bonchev–Trinajstić information content (AvgIpc) is 2.45. The fraction of sp³-hybridized carbons (Fsp3) is 0.375. The third kappa shape index (κ3) is 4.23. The second kappa shape index (κ2) is 6.89. The van der Waals surface area contributed by atoms with Crippen LogP contribution in [0.5, 0.6) is 5.88 Å². The molecule has 0 saturated carbocycles. The number of ether oxygens (including phenoxy) is 1. The molecule has 0 spiro atoms. The molecule has 0 aliphatic heterocycles. The molecule has 0 radical (unpaired) electrons. The fourth-order valence-electron chi connectivity index (χ4n) is 1.88. The zero-order valence-electron chi connectivity index (χ0n) is 12.2. The van der Waals surface area contributed by atoms with E-state index in [1.165, 1.54) is 5.56 Å². The molecule has 1 aromatic heterocycles. The van der Waals surface area contributed by atoms with E-state index in [1.807, 2.05) is 19.9 Å². The third-order valence-corrected chi connectivity index (χ3v) is 2.92. The van der Waals surface area contributed by atoms with Crippen LogP contribution in [0.2, 0.25) is 0 Å². The van der Waals surface area contributed by atoms with E-state index in [0.29, 0.717) is 17.7 Å². The van der Waals surface area contributed by atoms with Crippen molar-refractivity contribution in [2.75, 3.05) is 11.9 Å². The Morgan fingerprint density at radius 2 is 1.85 bits per heavy atom. The minimum absolute atomic E-state index is 0.112. The number of nitrogens with one attached hydrogen (secondary N) is 1. The minimum Gasteiger partial charge on any atom is -0.475 e. The van der Waals surface area contributed by atoms with E-state index >= 15 is 0 Å². The number of rotatable bonds is 6. The summed E-state index contributed by atoms with van der Waals surface area (Å²) < 4.78 is 5.56. The number of benzene rings is 1. The molecule has 0 saturated heterocycles. The van der Waals surface area contributed by atoms with E-state index in [4.69, 9.17) is 4.74 Å². The van der Waals surface area contributed by atoms with Crippen LogP contribution in [0.1, 0.15) is 32.3 Å². The van der Waals surface area contributed by atoms with Gasteiger partial charge in [0.1, 0.15) is 0 Å². The first-order chi connectivity index (χ1) is 9.65. The lowest BCUT2D eigenvalue weighted by atomic mass is 10.0. The van der Waals surface area contributed by atoms with E-state index in [9.17, 15) is 0 Å². The predicted molar refractivity (Wildman–Crippen MR) is 81.1 cm³/mol. The summed E-state index contributed by atoms with van der Waals surface area (Å²) >= 11 is 0. The summed E-state index contributed by atoms with van der Waals surface area (Å²) in [6.45, 7) is 6.92. The molecular weight excluding hydrogens is 250 g/mol. The highest BCUT2D eigenvalue weighted by Crippen LogP contribution is 2.16. The number of hydrogen-bond acceptors (Lipinski definition) is 4. The Labute approximate surface area is 120 Å². The van der Waals surface area contributed by atoms with Crippen molar-refractivity contribution in [1.29, 1.82) is 0 Å². The lowest BCUT2D eigenvalue weighted by Crippen LogP contribution is -2.13. The molecule has 1 atom stereocenters. The van der Waals surface area contributed by atoms with Gasteiger partial charge in [-0.15, -0.1) is 0 Å². The maximum atomic E-state index is 5.56. The summed E-state index contributed by atoms with van der Waals surface area (Å²) in [5, 5.41) is 3.25. The van der Waals surface area contributed by atoms with Gasteiger partial charge in [-0.2, -0.15) is 4.98 Å². The molecule has 1 heterocycles. The van der Waals surface area contributed by atoms with Crippen molar-refractivity contribution in [1.82, 2.24) is 9.97 Å². The predicted octanol–water partition coefficient (Wildman–Crippen LogP) is 3.48. The topological polar surface area (TPSA) is 47.0 Å². The molecule has 2 aromatic rings. The third-order valence-electron chi connectivity index (χ3n) is 2.92. The van der Waals surface area contributed by atoms with Crippen molar-refractivity contribution in [3.8, 4) is 5.88 Å². The van der Waals surface area contributed by atoms with Crippen LogP contribution in [0.25, 0.3) is 0 Å². The molecule has 0 fully saturated rings. The van der Waals surface area contributed by atoms with E-state index in [1.54, 1.807) is 12.3 Å². The number of nitrogens with zero attached hydrogens (tertiary/aromatic N) is 2. The van der Waals surface area contributed by atoms with Crippen LogP contribution in [0.15, 0.2) is 42.6 Å². The van der Waals surface area contributed by atoms with Gasteiger partial charge < -0.3 is 10.1 Å². The maximum absolute atomic E-state index is 5.56. The molecule has 0 aliphatic carbocycles. The van der Waals surface area contributed by atoms with Gasteiger partial charge in [0.25, 0.3) is 0 Å². The van der Waals surface area contributed by atoms with Crippen molar-refractivity contribution < 1.29 is 4.74 Å². The first-order valence-corrected chi connectivity index (χ1v) is 6.93. The molecule has 2 rings (SSSR count). The summed E-state index contributed by atoms with van der Waals surface area (Å²) in [7, 11) is 0. The highest BCUT2D eigenvalue weighted by atomic mass is 16.5. The van der Waals surface area contributed by atoms with Gasteiger partial charge in [-0.05, 0) is 25.3 Å². The van der Waals surface area contributed by atoms with Crippen LogP contribution in [0.3, 0.4) is 0 Å².